The molecule has 2 N–H and O–H groups in total. The van der Waals surface area contributed by atoms with Gasteiger partial charge in [-0.25, -0.2) is 4.99 Å². The highest BCUT2D eigenvalue weighted by Crippen LogP contribution is 2.38. The fraction of sp³-hybridized carbons (Fsp3) is 0.611. The average molecular weight is 352 g/mol. The smallest absolute Gasteiger partial charge is 0.203 e. The van der Waals surface area contributed by atoms with Crippen LogP contribution in [0, 0.1) is 0 Å². The van der Waals surface area contributed by atoms with Crippen LogP contribution in [0.5, 0.6) is 17.2 Å². The maximum absolute atomic E-state index is 5.39. The molecule has 0 aliphatic rings. The highest BCUT2D eigenvalue weighted by Gasteiger charge is 2.13. The lowest BCUT2D eigenvalue weighted by molar-refractivity contribution is 0.324. The van der Waals surface area contributed by atoms with Gasteiger partial charge in [0.25, 0.3) is 0 Å². The van der Waals surface area contributed by atoms with Crippen LogP contribution in [0.2, 0.25) is 0 Å². The average Bonchev–Trinajstić information content (AvgIpc) is 2.61. The maximum Gasteiger partial charge on any atom is 0.203 e. The Morgan fingerprint density at radius 1 is 1.04 bits per heavy atom. The second-order valence-corrected chi connectivity index (χ2v) is 5.81. The molecule has 0 bridgehead atoms. The van der Waals surface area contributed by atoms with Gasteiger partial charge in [-0.3, -0.25) is 0 Å². The van der Waals surface area contributed by atoms with E-state index in [0.717, 1.165) is 37.6 Å². The third kappa shape index (κ3) is 7.09. The van der Waals surface area contributed by atoms with Crippen molar-refractivity contribution in [3.05, 3.63) is 17.7 Å². The van der Waals surface area contributed by atoms with E-state index in [1.54, 1.807) is 21.3 Å². The summed E-state index contributed by atoms with van der Waals surface area (Å²) < 4.78 is 16.1. The predicted octanol–water partition coefficient (Wildman–Crippen LogP) is 1.72. The molecule has 0 spiro atoms. The number of rotatable bonds is 10. The Morgan fingerprint density at radius 2 is 1.68 bits per heavy atom. The van der Waals surface area contributed by atoms with Crippen molar-refractivity contribution >= 4 is 5.96 Å². The molecule has 142 valence electrons. The van der Waals surface area contributed by atoms with Crippen LogP contribution in [0.25, 0.3) is 0 Å². The molecule has 1 rings (SSSR count). The molecule has 0 unspecified atom stereocenters. The monoisotopic (exact) mass is 352 g/mol. The minimum absolute atomic E-state index is 0.514. The summed E-state index contributed by atoms with van der Waals surface area (Å²) in [6.07, 6.45) is 1.06. The van der Waals surface area contributed by atoms with Gasteiger partial charge in [0, 0.05) is 13.1 Å². The molecule has 0 fully saturated rings. The highest BCUT2D eigenvalue weighted by molar-refractivity contribution is 5.79. The quantitative estimate of drug-likeness (QED) is 0.380. The number of nitrogens with zero attached hydrogens (tertiary/aromatic N) is 2. The Morgan fingerprint density at radius 3 is 2.16 bits per heavy atom. The van der Waals surface area contributed by atoms with Crippen LogP contribution in [-0.4, -0.2) is 65.9 Å². The Bertz CT molecular complexity index is 522. The lowest BCUT2D eigenvalue weighted by atomic mass is 10.2. The van der Waals surface area contributed by atoms with E-state index in [-0.39, 0.29) is 0 Å². The van der Waals surface area contributed by atoms with Crippen molar-refractivity contribution in [1.29, 1.82) is 0 Å². The van der Waals surface area contributed by atoms with Gasteiger partial charge in [0.1, 0.15) is 0 Å². The summed E-state index contributed by atoms with van der Waals surface area (Å²) in [5, 5.41) is 6.61. The molecule has 25 heavy (non-hydrogen) atoms. The van der Waals surface area contributed by atoms with Crippen molar-refractivity contribution < 1.29 is 14.2 Å². The number of methoxy groups -OCH3 is 3. The van der Waals surface area contributed by atoms with Crippen LogP contribution in [0.15, 0.2) is 17.1 Å². The summed E-state index contributed by atoms with van der Waals surface area (Å²) in [4.78, 5) is 6.80. The van der Waals surface area contributed by atoms with E-state index in [1.165, 1.54) is 0 Å². The van der Waals surface area contributed by atoms with E-state index < -0.39 is 0 Å². The van der Waals surface area contributed by atoms with Crippen molar-refractivity contribution in [1.82, 2.24) is 15.5 Å². The predicted molar refractivity (Wildman–Crippen MR) is 102 cm³/mol. The van der Waals surface area contributed by atoms with Crippen LogP contribution in [-0.2, 0) is 6.54 Å². The Kier molecular flexibility index (Phi) is 9.54. The van der Waals surface area contributed by atoms with E-state index in [1.807, 2.05) is 12.1 Å². The summed E-state index contributed by atoms with van der Waals surface area (Å²) in [6, 6.07) is 3.83. The van der Waals surface area contributed by atoms with E-state index in [4.69, 9.17) is 14.2 Å². The molecule has 0 aliphatic carbocycles. The number of hydrogen-bond acceptors (Lipinski definition) is 5. The van der Waals surface area contributed by atoms with Gasteiger partial charge >= 0.3 is 0 Å². The lowest BCUT2D eigenvalue weighted by Crippen LogP contribution is -2.38. The molecule has 0 aliphatic heterocycles. The number of hydrogen-bond donors (Lipinski definition) is 2. The first-order valence-electron chi connectivity index (χ1n) is 8.51. The minimum Gasteiger partial charge on any atom is -0.493 e. The van der Waals surface area contributed by atoms with Crippen LogP contribution >= 0.6 is 0 Å². The van der Waals surface area contributed by atoms with Crippen LogP contribution in [0.4, 0.5) is 0 Å². The molecule has 1 aromatic rings. The normalized spacial score (nSPS) is 11.4. The molecule has 0 aromatic heterocycles. The summed E-state index contributed by atoms with van der Waals surface area (Å²) >= 11 is 0. The first-order chi connectivity index (χ1) is 12.0. The second kappa shape index (κ2) is 11.4. The third-order valence-electron chi connectivity index (χ3n) is 3.56. The van der Waals surface area contributed by atoms with Crippen LogP contribution < -0.4 is 24.8 Å². The van der Waals surface area contributed by atoms with Gasteiger partial charge in [-0.05, 0) is 51.7 Å². The molecule has 0 saturated carbocycles. The molecular weight excluding hydrogens is 320 g/mol. The minimum atomic E-state index is 0.514. The van der Waals surface area contributed by atoms with Gasteiger partial charge in [-0.15, -0.1) is 0 Å². The fourth-order valence-corrected chi connectivity index (χ4v) is 2.34. The van der Waals surface area contributed by atoms with Crippen molar-refractivity contribution in [2.45, 2.75) is 19.9 Å². The van der Waals surface area contributed by atoms with Crippen LogP contribution in [0.1, 0.15) is 18.9 Å². The number of aliphatic imine (C=N–C) groups is 1. The first-order valence-corrected chi connectivity index (χ1v) is 8.51. The van der Waals surface area contributed by atoms with Crippen molar-refractivity contribution in [3.63, 3.8) is 0 Å². The van der Waals surface area contributed by atoms with Gasteiger partial charge in [0.15, 0.2) is 17.5 Å². The zero-order valence-corrected chi connectivity index (χ0v) is 16.3. The Hall–Kier alpha value is -2.15. The summed E-state index contributed by atoms with van der Waals surface area (Å²) in [6.45, 7) is 5.30. The van der Waals surface area contributed by atoms with E-state index in [9.17, 15) is 0 Å². The largest absolute Gasteiger partial charge is 0.493 e. The molecule has 0 heterocycles. The van der Waals surface area contributed by atoms with E-state index in [2.05, 4.69) is 41.5 Å². The number of guanidine groups is 1. The zero-order chi connectivity index (χ0) is 18.7. The molecule has 7 heteroatoms. The standard InChI is InChI=1S/C18H32N4O3/c1-7-19-18(20-9-8-10-22(2)3)21-13-14-11-15(23-4)17(25-6)16(12-14)24-5/h11-12H,7-10,13H2,1-6H3,(H2,19,20,21). The Labute approximate surface area is 151 Å². The zero-order valence-electron chi connectivity index (χ0n) is 16.3. The van der Waals surface area contributed by atoms with Gasteiger partial charge < -0.3 is 29.7 Å². The van der Waals surface area contributed by atoms with Gasteiger partial charge in [0.2, 0.25) is 5.75 Å². The maximum atomic E-state index is 5.39. The highest BCUT2D eigenvalue weighted by atomic mass is 16.5. The molecule has 7 nitrogen and oxygen atoms in total. The van der Waals surface area contributed by atoms with E-state index >= 15 is 0 Å². The summed E-state index contributed by atoms with van der Waals surface area (Å²) in [5.41, 5.74) is 0.986. The molecule has 0 saturated heterocycles. The Balaban J connectivity index is 2.80. The molecular formula is C18H32N4O3. The lowest BCUT2D eigenvalue weighted by Gasteiger charge is -2.15. The van der Waals surface area contributed by atoms with Crippen molar-refractivity contribution in [2.75, 3.05) is 55.1 Å². The summed E-state index contributed by atoms with van der Waals surface area (Å²) in [5.74, 6) is 2.66. The first kappa shape index (κ1) is 20.9. The molecule has 0 radical (unpaired) electrons. The molecule has 0 amide bonds. The van der Waals surface area contributed by atoms with Gasteiger partial charge in [0.05, 0.1) is 27.9 Å². The number of benzene rings is 1. The van der Waals surface area contributed by atoms with Crippen molar-refractivity contribution in [2.24, 2.45) is 4.99 Å². The van der Waals surface area contributed by atoms with Crippen LogP contribution in [0.3, 0.4) is 0 Å². The fourth-order valence-electron chi connectivity index (χ4n) is 2.34. The molecule has 1 aromatic carbocycles. The topological polar surface area (TPSA) is 67.4 Å². The van der Waals surface area contributed by atoms with Crippen molar-refractivity contribution in [3.8, 4) is 17.2 Å². The molecule has 0 atom stereocenters. The van der Waals surface area contributed by atoms with Gasteiger partial charge in [-0.2, -0.15) is 0 Å². The number of nitrogens with one attached hydrogen (secondary N) is 2. The summed E-state index contributed by atoms with van der Waals surface area (Å²) in [7, 11) is 8.97. The SMILES string of the molecule is CCNC(=NCc1cc(OC)c(OC)c(OC)c1)NCCCN(C)C. The van der Waals surface area contributed by atoms with E-state index in [0.29, 0.717) is 23.8 Å². The third-order valence-corrected chi connectivity index (χ3v) is 3.56. The number of ether oxygens (including phenoxy) is 3. The second-order valence-electron chi connectivity index (χ2n) is 5.81. The van der Waals surface area contributed by atoms with Gasteiger partial charge in [-0.1, -0.05) is 0 Å².